The molecular formula is C17H25N3O. The van der Waals surface area contributed by atoms with Gasteiger partial charge in [-0.3, -0.25) is 9.48 Å². The van der Waals surface area contributed by atoms with Crippen molar-refractivity contribution in [2.24, 2.45) is 0 Å². The molecule has 0 saturated carbocycles. The van der Waals surface area contributed by atoms with Gasteiger partial charge in [0, 0.05) is 19.5 Å². The third kappa shape index (κ3) is 3.43. The lowest BCUT2D eigenvalue weighted by atomic mass is 9.92. The van der Waals surface area contributed by atoms with Gasteiger partial charge in [0.2, 0.25) is 5.91 Å². The highest BCUT2D eigenvalue weighted by Gasteiger charge is 2.13. The van der Waals surface area contributed by atoms with Gasteiger partial charge in [0.25, 0.3) is 0 Å². The fourth-order valence-electron chi connectivity index (χ4n) is 2.69. The Morgan fingerprint density at radius 2 is 2.10 bits per heavy atom. The molecule has 0 N–H and O–H groups in total. The highest BCUT2D eigenvalue weighted by atomic mass is 16.2. The topological polar surface area (TPSA) is 38.1 Å². The van der Waals surface area contributed by atoms with E-state index in [1.165, 1.54) is 18.4 Å². The van der Waals surface area contributed by atoms with Crippen molar-refractivity contribution in [2.45, 2.75) is 45.6 Å². The molecule has 1 heterocycles. The normalized spacial score (nSPS) is 12.6. The summed E-state index contributed by atoms with van der Waals surface area (Å²) in [7, 11) is 3.54. The van der Waals surface area contributed by atoms with E-state index in [9.17, 15) is 4.79 Å². The quantitative estimate of drug-likeness (QED) is 0.816. The van der Waals surface area contributed by atoms with Gasteiger partial charge in [-0.2, -0.15) is 5.10 Å². The lowest BCUT2D eigenvalue weighted by molar-refractivity contribution is -0.129. The monoisotopic (exact) mass is 287 g/mol. The van der Waals surface area contributed by atoms with E-state index in [0.717, 1.165) is 17.3 Å². The summed E-state index contributed by atoms with van der Waals surface area (Å²) in [6.07, 6.45) is 5.37. The van der Waals surface area contributed by atoms with Crippen molar-refractivity contribution >= 4 is 16.8 Å². The van der Waals surface area contributed by atoms with Crippen molar-refractivity contribution < 1.29 is 4.79 Å². The SMILES string of the molecule is CCCC(CC)c1ccc2cnn(CC(=O)N(C)C)c2c1. The first kappa shape index (κ1) is 15.5. The summed E-state index contributed by atoms with van der Waals surface area (Å²) in [4.78, 5) is 13.5. The first-order chi connectivity index (χ1) is 10.1. The van der Waals surface area contributed by atoms with Crippen molar-refractivity contribution in [3.8, 4) is 0 Å². The van der Waals surface area contributed by atoms with E-state index < -0.39 is 0 Å². The van der Waals surface area contributed by atoms with Crippen LogP contribution in [0.3, 0.4) is 0 Å². The standard InChI is InChI=1S/C17H25N3O/c1-5-7-13(6-2)14-8-9-15-11-18-20(16(15)10-14)12-17(21)19(3)4/h8-11,13H,5-7,12H2,1-4H3. The molecule has 0 aliphatic heterocycles. The van der Waals surface area contributed by atoms with Crippen molar-refractivity contribution in [2.75, 3.05) is 14.1 Å². The summed E-state index contributed by atoms with van der Waals surface area (Å²) in [5.41, 5.74) is 2.41. The van der Waals surface area contributed by atoms with Crippen LogP contribution in [0.2, 0.25) is 0 Å². The molecule has 1 aromatic carbocycles. The van der Waals surface area contributed by atoms with Gasteiger partial charge in [-0.25, -0.2) is 0 Å². The molecule has 4 heteroatoms. The highest BCUT2D eigenvalue weighted by molar-refractivity contribution is 5.82. The maximum atomic E-state index is 11.9. The second-order valence-corrected chi connectivity index (χ2v) is 5.80. The van der Waals surface area contributed by atoms with E-state index in [1.807, 2.05) is 6.20 Å². The molecule has 0 aliphatic rings. The molecule has 2 rings (SSSR count). The Morgan fingerprint density at radius 1 is 1.33 bits per heavy atom. The predicted octanol–water partition coefficient (Wildman–Crippen LogP) is 3.42. The Bertz CT molecular complexity index is 616. The van der Waals surface area contributed by atoms with Crippen molar-refractivity contribution in [3.05, 3.63) is 30.0 Å². The first-order valence-electron chi connectivity index (χ1n) is 7.72. The van der Waals surface area contributed by atoms with Gasteiger partial charge in [0.05, 0.1) is 11.7 Å². The maximum absolute atomic E-state index is 11.9. The van der Waals surface area contributed by atoms with Crippen LogP contribution < -0.4 is 0 Å². The van der Waals surface area contributed by atoms with Crippen LogP contribution in [0.4, 0.5) is 0 Å². The summed E-state index contributed by atoms with van der Waals surface area (Å²) in [6.45, 7) is 4.75. The Hall–Kier alpha value is -1.84. The number of amides is 1. The van der Waals surface area contributed by atoms with Gasteiger partial charge in [0.1, 0.15) is 6.54 Å². The molecule has 1 aromatic heterocycles. The van der Waals surface area contributed by atoms with E-state index in [-0.39, 0.29) is 5.91 Å². The van der Waals surface area contributed by atoms with E-state index in [4.69, 9.17) is 0 Å². The van der Waals surface area contributed by atoms with E-state index in [0.29, 0.717) is 12.5 Å². The number of carbonyl (C=O) groups excluding carboxylic acids is 1. The third-order valence-electron chi connectivity index (χ3n) is 4.05. The number of hydrogen-bond donors (Lipinski definition) is 0. The lowest BCUT2D eigenvalue weighted by Gasteiger charge is -2.15. The second kappa shape index (κ2) is 6.74. The Kier molecular flexibility index (Phi) is 4.99. The number of carbonyl (C=O) groups is 1. The van der Waals surface area contributed by atoms with Crippen LogP contribution >= 0.6 is 0 Å². The molecule has 4 nitrogen and oxygen atoms in total. The van der Waals surface area contributed by atoms with Crippen LogP contribution in [-0.4, -0.2) is 34.7 Å². The highest BCUT2D eigenvalue weighted by Crippen LogP contribution is 2.27. The average molecular weight is 287 g/mol. The minimum absolute atomic E-state index is 0.0611. The van der Waals surface area contributed by atoms with Crippen LogP contribution in [-0.2, 0) is 11.3 Å². The van der Waals surface area contributed by atoms with Gasteiger partial charge in [-0.05, 0) is 30.4 Å². The van der Waals surface area contributed by atoms with Crippen LogP contribution in [0.1, 0.15) is 44.6 Å². The van der Waals surface area contributed by atoms with Gasteiger partial charge in [0.15, 0.2) is 0 Å². The van der Waals surface area contributed by atoms with Crippen molar-refractivity contribution in [1.29, 1.82) is 0 Å². The Morgan fingerprint density at radius 3 is 2.71 bits per heavy atom. The van der Waals surface area contributed by atoms with Crippen LogP contribution in [0.15, 0.2) is 24.4 Å². The molecule has 1 amide bonds. The number of aromatic nitrogens is 2. The molecule has 0 bridgehead atoms. The molecule has 114 valence electrons. The molecule has 0 saturated heterocycles. The number of hydrogen-bond acceptors (Lipinski definition) is 2. The Balaban J connectivity index is 2.34. The molecule has 0 spiro atoms. The average Bonchev–Trinajstić information content (AvgIpc) is 2.87. The minimum atomic E-state index is 0.0611. The number of nitrogens with zero attached hydrogens (tertiary/aromatic N) is 3. The molecule has 1 unspecified atom stereocenters. The number of likely N-dealkylation sites (N-methyl/N-ethyl adjacent to an activating group) is 1. The largest absolute Gasteiger partial charge is 0.347 e. The van der Waals surface area contributed by atoms with Crippen molar-refractivity contribution in [3.63, 3.8) is 0 Å². The zero-order chi connectivity index (χ0) is 15.4. The molecule has 1 atom stereocenters. The zero-order valence-corrected chi connectivity index (χ0v) is 13.5. The summed E-state index contributed by atoms with van der Waals surface area (Å²) >= 11 is 0. The molecule has 21 heavy (non-hydrogen) atoms. The molecule has 0 aliphatic carbocycles. The molecule has 2 aromatic rings. The van der Waals surface area contributed by atoms with Crippen molar-refractivity contribution in [1.82, 2.24) is 14.7 Å². The number of benzene rings is 1. The summed E-state index contributed by atoms with van der Waals surface area (Å²) in [6, 6.07) is 6.52. The summed E-state index contributed by atoms with van der Waals surface area (Å²) in [5, 5.41) is 5.45. The van der Waals surface area contributed by atoms with Crippen LogP contribution in [0.5, 0.6) is 0 Å². The maximum Gasteiger partial charge on any atom is 0.243 e. The molecular weight excluding hydrogens is 262 g/mol. The van der Waals surface area contributed by atoms with E-state index in [2.05, 4.69) is 37.1 Å². The first-order valence-corrected chi connectivity index (χ1v) is 7.72. The Labute approximate surface area is 126 Å². The smallest absolute Gasteiger partial charge is 0.243 e. The van der Waals surface area contributed by atoms with Gasteiger partial charge >= 0.3 is 0 Å². The zero-order valence-electron chi connectivity index (χ0n) is 13.5. The summed E-state index contributed by atoms with van der Waals surface area (Å²) in [5.74, 6) is 0.651. The van der Waals surface area contributed by atoms with E-state index >= 15 is 0 Å². The fraction of sp³-hybridized carbons (Fsp3) is 0.529. The van der Waals surface area contributed by atoms with Gasteiger partial charge in [-0.1, -0.05) is 32.4 Å². The van der Waals surface area contributed by atoms with Crippen LogP contribution in [0, 0.1) is 0 Å². The summed E-state index contributed by atoms with van der Waals surface area (Å²) < 4.78 is 1.81. The van der Waals surface area contributed by atoms with Gasteiger partial charge < -0.3 is 4.90 Å². The van der Waals surface area contributed by atoms with Crippen LogP contribution in [0.25, 0.3) is 10.9 Å². The molecule has 0 radical (unpaired) electrons. The minimum Gasteiger partial charge on any atom is -0.347 e. The lowest BCUT2D eigenvalue weighted by Crippen LogP contribution is -2.26. The third-order valence-corrected chi connectivity index (χ3v) is 4.05. The van der Waals surface area contributed by atoms with Gasteiger partial charge in [-0.15, -0.1) is 0 Å². The fourth-order valence-corrected chi connectivity index (χ4v) is 2.69. The predicted molar refractivity (Wildman–Crippen MR) is 86.4 cm³/mol. The second-order valence-electron chi connectivity index (χ2n) is 5.80. The van der Waals surface area contributed by atoms with E-state index in [1.54, 1.807) is 23.7 Å². The number of rotatable bonds is 6. The molecule has 0 fully saturated rings. The number of fused-ring (bicyclic) bond motifs is 1.